The highest BCUT2D eigenvalue weighted by molar-refractivity contribution is 5.51. The van der Waals surface area contributed by atoms with Crippen molar-refractivity contribution in [1.82, 2.24) is 0 Å². The van der Waals surface area contributed by atoms with Gasteiger partial charge in [-0.05, 0) is 32.0 Å². The Labute approximate surface area is 186 Å². The summed E-state index contributed by atoms with van der Waals surface area (Å²) in [5.74, 6) is -16.4. The van der Waals surface area contributed by atoms with Crippen molar-refractivity contribution < 1.29 is 39.9 Å². The molecule has 2 nitrogen and oxygen atoms in total. The monoisotopic (exact) mass is 481 g/mol. The number of alkyl halides is 8. The van der Waals surface area contributed by atoms with Crippen LogP contribution in [0.3, 0.4) is 0 Å². The highest BCUT2D eigenvalue weighted by Crippen LogP contribution is 2.45. The molecule has 0 saturated carbocycles. The van der Waals surface area contributed by atoms with E-state index in [0.29, 0.717) is 18.0 Å². The van der Waals surface area contributed by atoms with Gasteiger partial charge in [0.2, 0.25) is 0 Å². The van der Waals surface area contributed by atoms with E-state index in [9.17, 15) is 35.1 Å². The van der Waals surface area contributed by atoms with E-state index in [1.165, 1.54) is 12.1 Å². The number of hydrogen-bond acceptors (Lipinski definition) is 2. The molecule has 0 atom stereocenters. The zero-order valence-electron chi connectivity index (χ0n) is 18.0. The molecular formula is C23H23F8NO. The van der Waals surface area contributed by atoms with E-state index in [4.69, 9.17) is 4.74 Å². The normalized spacial score (nSPS) is 15.3. The molecule has 0 bridgehead atoms. The van der Waals surface area contributed by atoms with Gasteiger partial charge in [-0.3, -0.25) is 0 Å². The Morgan fingerprint density at radius 1 is 0.818 bits per heavy atom. The van der Waals surface area contributed by atoms with Gasteiger partial charge in [-0.2, -0.15) is 0 Å². The fraction of sp³-hybridized carbons (Fsp3) is 0.478. The van der Waals surface area contributed by atoms with Crippen molar-refractivity contribution in [3.8, 4) is 5.75 Å². The number of ether oxygens (including phenoxy) is 1. The van der Waals surface area contributed by atoms with E-state index in [0.717, 1.165) is 23.3 Å². The molecule has 0 radical (unpaired) electrons. The van der Waals surface area contributed by atoms with Crippen molar-refractivity contribution in [3.05, 3.63) is 59.2 Å². The van der Waals surface area contributed by atoms with E-state index in [-0.39, 0.29) is 13.7 Å². The molecular weight excluding hydrogens is 458 g/mol. The number of benzene rings is 2. The Morgan fingerprint density at radius 3 is 2.03 bits per heavy atom. The molecule has 0 fully saturated rings. The van der Waals surface area contributed by atoms with Gasteiger partial charge in [0, 0.05) is 23.4 Å². The number of rotatable bonds is 8. The molecule has 0 aromatic heterocycles. The van der Waals surface area contributed by atoms with Crippen molar-refractivity contribution >= 4 is 5.69 Å². The topological polar surface area (TPSA) is 12.5 Å². The van der Waals surface area contributed by atoms with Crippen LogP contribution in [0.25, 0.3) is 0 Å². The van der Waals surface area contributed by atoms with Crippen molar-refractivity contribution in [1.29, 1.82) is 0 Å². The van der Waals surface area contributed by atoms with Crippen molar-refractivity contribution in [2.75, 3.05) is 11.6 Å². The molecule has 1 aliphatic heterocycles. The zero-order valence-corrected chi connectivity index (χ0v) is 18.0. The van der Waals surface area contributed by atoms with Gasteiger partial charge in [-0.15, -0.1) is 0 Å². The summed E-state index contributed by atoms with van der Waals surface area (Å²) in [6, 6.07) is 10.1. The van der Waals surface area contributed by atoms with Gasteiger partial charge in [0.25, 0.3) is 23.7 Å². The lowest BCUT2D eigenvalue weighted by atomic mass is 9.95. The smallest absolute Gasteiger partial charge is 0.278 e. The summed E-state index contributed by atoms with van der Waals surface area (Å²) in [4.78, 5) is 1.75. The summed E-state index contributed by atoms with van der Waals surface area (Å²) in [5.41, 5.74) is 1.63. The van der Waals surface area contributed by atoms with E-state index in [1.807, 2.05) is 25.1 Å². The Bertz CT molecular complexity index is 969. The third-order valence-corrected chi connectivity index (χ3v) is 5.17. The summed E-state index contributed by atoms with van der Waals surface area (Å²) in [6.07, 6.45) is -6.75. The van der Waals surface area contributed by atoms with Crippen LogP contribution < -0.4 is 9.64 Å². The Kier molecular flexibility index (Phi) is 6.61. The average Bonchev–Trinajstić information content (AvgIpc) is 2.63. The van der Waals surface area contributed by atoms with Crippen molar-refractivity contribution in [2.24, 2.45) is 0 Å². The van der Waals surface area contributed by atoms with Gasteiger partial charge < -0.3 is 9.64 Å². The van der Waals surface area contributed by atoms with Crippen LogP contribution in [0, 0.1) is 6.92 Å². The molecule has 0 spiro atoms. The fourth-order valence-electron chi connectivity index (χ4n) is 3.84. The van der Waals surface area contributed by atoms with Gasteiger partial charge >= 0.3 is 0 Å². The molecule has 10 heteroatoms. The van der Waals surface area contributed by atoms with Crippen LogP contribution in [0.15, 0.2) is 42.5 Å². The molecule has 2 aromatic carbocycles. The summed E-state index contributed by atoms with van der Waals surface area (Å²) in [5, 5.41) is 0. The lowest BCUT2D eigenvalue weighted by Gasteiger charge is -2.31. The largest absolute Gasteiger partial charge is 0.473 e. The van der Waals surface area contributed by atoms with Crippen molar-refractivity contribution in [3.63, 3.8) is 0 Å². The second-order valence-electron chi connectivity index (χ2n) is 8.65. The van der Waals surface area contributed by atoms with E-state index in [1.54, 1.807) is 4.90 Å². The summed E-state index contributed by atoms with van der Waals surface area (Å²) < 4.78 is 115. The Morgan fingerprint density at radius 2 is 1.42 bits per heavy atom. The molecule has 33 heavy (non-hydrogen) atoms. The molecule has 0 N–H and O–H groups in total. The first-order chi connectivity index (χ1) is 15.1. The van der Waals surface area contributed by atoms with Gasteiger partial charge in [0.15, 0.2) is 6.73 Å². The minimum absolute atomic E-state index is 0.154. The summed E-state index contributed by atoms with van der Waals surface area (Å²) in [6.45, 7) is 2.67. The van der Waals surface area contributed by atoms with E-state index >= 15 is 0 Å². The Hall–Kier alpha value is -2.52. The van der Waals surface area contributed by atoms with E-state index < -0.39 is 48.5 Å². The lowest BCUT2D eigenvalue weighted by molar-refractivity contribution is -0.178. The molecule has 2 aromatic rings. The molecule has 1 aliphatic rings. The second kappa shape index (κ2) is 8.68. The maximum absolute atomic E-state index is 14.5. The molecule has 182 valence electrons. The number of anilines is 1. The molecule has 0 unspecified atom stereocenters. The van der Waals surface area contributed by atoms with Crippen molar-refractivity contribution in [2.45, 2.75) is 63.3 Å². The SMILES string of the molecule is Cc1ccc2c(c1)CN(c1ccc(C(F)(F)CC(F)(F)CC(F)(F)CC(C)(F)F)cc1)CO2. The number of nitrogens with zero attached hydrogens (tertiary/aromatic N) is 1. The van der Waals surface area contributed by atoms with Crippen LogP contribution in [-0.2, 0) is 12.5 Å². The third kappa shape index (κ3) is 6.74. The first kappa shape index (κ1) is 25.1. The predicted molar refractivity (Wildman–Crippen MR) is 108 cm³/mol. The molecule has 3 rings (SSSR count). The predicted octanol–water partition coefficient (Wildman–Crippen LogP) is 7.54. The molecule has 0 aliphatic carbocycles. The van der Waals surface area contributed by atoms with Crippen LogP contribution in [0.5, 0.6) is 5.75 Å². The number of halogens is 8. The van der Waals surface area contributed by atoms with Crippen LogP contribution >= 0.6 is 0 Å². The number of aryl methyl sites for hydroxylation is 1. The highest BCUT2D eigenvalue weighted by Gasteiger charge is 2.52. The van der Waals surface area contributed by atoms with Gasteiger partial charge in [0.1, 0.15) is 5.75 Å². The average molecular weight is 481 g/mol. The highest BCUT2D eigenvalue weighted by atomic mass is 19.3. The minimum atomic E-state index is -4.56. The van der Waals surface area contributed by atoms with Crippen LogP contribution in [-0.4, -0.2) is 24.5 Å². The van der Waals surface area contributed by atoms with Gasteiger partial charge in [-0.1, -0.05) is 29.8 Å². The maximum atomic E-state index is 14.5. The van der Waals surface area contributed by atoms with Gasteiger partial charge in [-0.25, -0.2) is 35.1 Å². The second-order valence-corrected chi connectivity index (χ2v) is 8.65. The van der Waals surface area contributed by atoms with Gasteiger partial charge in [0.05, 0.1) is 19.3 Å². The zero-order chi connectivity index (χ0) is 24.7. The van der Waals surface area contributed by atoms with Crippen LogP contribution in [0.4, 0.5) is 40.8 Å². The maximum Gasteiger partial charge on any atom is 0.278 e. The fourth-order valence-corrected chi connectivity index (χ4v) is 3.84. The van der Waals surface area contributed by atoms with E-state index in [2.05, 4.69) is 0 Å². The summed E-state index contributed by atoms with van der Waals surface area (Å²) in [7, 11) is 0. The Balaban J connectivity index is 1.69. The molecule has 0 amide bonds. The first-order valence-corrected chi connectivity index (χ1v) is 10.1. The molecule has 0 saturated heterocycles. The molecule has 1 heterocycles. The first-order valence-electron chi connectivity index (χ1n) is 10.1. The van der Waals surface area contributed by atoms with Crippen LogP contribution in [0.1, 0.15) is 42.9 Å². The standard InChI is InChI=1S/C23H23F8NO/c1-15-3-8-19-16(9-15)10-32(14-33-19)18-6-4-17(5-7-18)23(30,31)13-22(28,29)12-21(26,27)11-20(2,24)25/h3-9H,10-14H2,1-2H3. The summed E-state index contributed by atoms with van der Waals surface area (Å²) >= 11 is 0. The number of fused-ring (bicyclic) bond motifs is 1. The van der Waals surface area contributed by atoms with Crippen LogP contribution in [0.2, 0.25) is 0 Å². The third-order valence-electron chi connectivity index (χ3n) is 5.17. The minimum Gasteiger partial charge on any atom is -0.473 e. The lowest BCUT2D eigenvalue weighted by Crippen LogP contribution is -2.37. The quantitative estimate of drug-likeness (QED) is 0.361. The number of hydrogen-bond donors (Lipinski definition) is 0.